The van der Waals surface area contributed by atoms with Gasteiger partial charge < -0.3 is 5.73 Å². The van der Waals surface area contributed by atoms with Crippen LogP contribution in [0.2, 0.25) is 0 Å². The number of hydrogen-bond acceptors (Lipinski definition) is 3. The van der Waals surface area contributed by atoms with Crippen molar-refractivity contribution in [2.75, 3.05) is 0 Å². The van der Waals surface area contributed by atoms with Crippen LogP contribution in [0.4, 0.5) is 0 Å². The normalized spacial score (nSPS) is 12.8. The molecule has 4 nitrogen and oxygen atoms in total. The maximum absolute atomic E-state index is 11.5. The van der Waals surface area contributed by atoms with Crippen LogP contribution in [0.15, 0.2) is 12.4 Å². The summed E-state index contributed by atoms with van der Waals surface area (Å²) in [6.45, 7) is 2.03. The number of carbonyl (C=O) groups is 1. The van der Waals surface area contributed by atoms with Gasteiger partial charge in [-0.2, -0.15) is 5.10 Å². The highest BCUT2D eigenvalue weighted by atomic mass is 16.1. The fourth-order valence-corrected chi connectivity index (χ4v) is 1.37. The Kier molecular flexibility index (Phi) is 3.83. The quantitative estimate of drug-likeness (QED) is 0.750. The average molecular weight is 195 g/mol. The predicted octanol–water partition coefficient (Wildman–Crippen LogP) is 0.659. The van der Waals surface area contributed by atoms with Gasteiger partial charge in [0.1, 0.15) is 0 Å². The monoisotopic (exact) mass is 195 g/mol. The van der Waals surface area contributed by atoms with Gasteiger partial charge >= 0.3 is 0 Å². The van der Waals surface area contributed by atoms with Gasteiger partial charge in [-0.3, -0.25) is 9.48 Å². The third-order valence-electron chi connectivity index (χ3n) is 2.15. The van der Waals surface area contributed by atoms with Crippen molar-refractivity contribution >= 4 is 5.78 Å². The molecule has 0 radical (unpaired) electrons. The van der Waals surface area contributed by atoms with Crippen molar-refractivity contribution in [2.24, 2.45) is 12.8 Å². The standard InChI is InChI=1S/C10H17N3O/c1-3-4-9(11)10(14)5-8-6-12-13(2)7-8/h6-7,9H,3-5,11H2,1-2H3. The van der Waals surface area contributed by atoms with Crippen molar-refractivity contribution in [2.45, 2.75) is 32.2 Å². The zero-order valence-electron chi connectivity index (χ0n) is 8.73. The first-order valence-electron chi connectivity index (χ1n) is 4.89. The van der Waals surface area contributed by atoms with E-state index in [0.717, 1.165) is 18.4 Å². The van der Waals surface area contributed by atoms with E-state index >= 15 is 0 Å². The topological polar surface area (TPSA) is 60.9 Å². The molecule has 1 rings (SSSR count). The highest BCUT2D eigenvalue weighted by Gasteiger charge is 2.13. The minimum Gasteiger partial charge on any atom is -0.321 e. The molecule has 0 aromatic carbocycles. The molecular weight excluding hydrogens is 178 g/mol. The third-order valence-corrected chi connectivity index (χ3v) is 2.15. The first-order valence-corrected chi connectivity index (χ1v) is 4.89. The number of rotatable bonds is 5. The van der Waals surface area contributed by atoms with E-state index in [1.165, 1.54) is 0 Å². The van der Waals surface area contributed by atoms with Crippen LogP contribution in [0.1, 0.15) is 25.3 Å². The van der Waals surface area contributed by atoms with Gasteiger partial charge in [0.2, 0.25) is 0 Å². The SMILES string of the molecule is CCCC(N)C(=O)Cc1cnn(C)c1. The lowest BCUT2D eigenvalue weighted by atomic mass is 10.0. The van der Waals surface area contributed by atoms with Crippen LogP contribution in [0.5, 0.6) is 0 Å². The number of nitrogens with zero attached hydrogens (tertiary/aromatic N) is 2. The summed E-state index contributed by atoms with van der Waals surface area (Å²) in [7, 11) is 1.83. The molecule has 4 heteroatoms. The Hall–Kier alpha value is -1.16. The van der Waals surface area contributed by atoms with Crippen LogP contribution in [0.25, 0.3) is 0 Å². The summed E-state index contributed by atoms with van der Waals surface area (Å²) in [5.74, 6) is 0.0971. The van der Waals surface area contributed by atoms with Crippen molar-refractivity contribution in [3.8, 4) is 0 Å². The molecule has 0 fully saturated rings. The van der Waals surface area contributed by atoms with Crippen LogP contribution in [0, 0.1) is 0 Å². The minimum atomic E-state index is -0.319. The Bertz CT molecular complexity index is 306. The van der Waals surface area contributed by atoms with Crippen molar-refractivity contribution in [1.82, 2.24) is 9.78 Å². The largest absolute Gasteiger partial charge is 0.321 e. The second-order valence-corrected chi connectivity index (χ2v) is 3.56. The van der Waals surface area contributed by atoms with Crippen molar-refractivity contribution in [1.29, 1.82) is 0 Å². The zero-order valence-corrected chi connectivity index (χ0v) is 8.73. The van der Waals surface area contributed by atoms with E-state index in [0.29, 0.717) is 6.42 Å². The van der Waals surface area contributed by atoms with Gasteiger partial charge in [0.25, 0.3) is 0 Å². The summed E-state index contributed by atoms with van der Waals surface area (Å²) in [6, 6.07) is -0.319. The number of carbonyl (C=O) groups excluding carboxylic acids is 1. The molecule has 0 aliphatic carbocycles. The molecule has 0 saturated heterocycles. The molecule has 1 atom stereocenters. The molecule has 0 aliphatic heterocycles. The molecule has 0 amide bonds. The molecule has 1 aromatic rings. The van der Waals surface area contributed by atoms with E-state index in [9.17, 15) is 4.79 Å². The number of Topliss-reactive ketones (excluding diaryl/α,β-unsaturated/α-hetero) is 1. The number of ketones is 1. The number of aryl methyl sites for hydroxylation is 1. The van der Waals surface area contributed by atoms with Crippen LogP contribution < -0.4 is 5.73 Å². The van der Waals surface area contributed by atoms with E-state index in [1.54, 1.807) is 10.9 Å². The van der Waals surface area contributed by atoms with Gasteiger partial charge in [0, 0.05) is 19.7 Å². The number of hydrogen-bond donors (Lipinski definition) is 1. The first kappa shape index (κ1) is 10.9. The fourth-order valence-electron chi connectivity index (χ4n) is 1.37. The molecule has 14 heavy (non-hydrogen) atoms. The first-order chi connectivity index (χ1) is 6.63. The molecule has 0 bridgehead atoms. The lowest BCUT2D eigenvalue weighted by Crippen LogP contribution is -2.31. The molecule has 1 unspecified atom stereocenters. The fraction of sp³-hybridized carbons (Fsp3) is 0.600. The molecule has 2 N–H and O–H groups in total. The van der Waals surface area contributed by atoms with Crippen LogP contribution in [-0.2, 0) is 18.3 Å². The summed E-state index contributed by atoms with van der Waals surface area (Å²) in [5, 5.41) is 4.00. The summed E-state index contributed by atoms with van der Waals surface area (Å²) < 4.78 is 1.69. The molecule has 1 heterocycles. The van der Waals surface area contributed by atoms with E-state index < -0.39 is 0 Å². The Morgan fingerprint density at radius 1 is 1.71 bits per heavy atom. The minimum absolute atomic E-state index is 0.0971. The van der Waals surface area contributed by atoms with Gasteiger partial charge in [-0.25, -0.2) is 0 Å². The van der Waals surface area contributed by atoms with Gasteiger partial charge in [-0.05, 0) is 12.0 Å². The second kappa shape index (κ2) is 4.91. The van der Waals surface area contributed by atoms with E-state index in [2.05, 4.69) is 5.10 Å². The molecule has 0 spiro atoms. The molecule has 1 aromatic heterocycles. The predicted molar refractivity (Wildman–Crippen MR) is 54.8 cm³/mol. The lowest BCUT2D eigenvalue weighted by Gasteiger charge is -2.07. The van der Waals surface area contributed by atoms with Crippen molar-refractivity contribution < 1.29 is 4.79 Å². The molecular formula is C10H17N3O. The Morgan fingerprint density at radius 3 is 2.93 bits per heavy atom. The van der Waals surface area contributed by atoms with Crippen molar-refractivity contribution in [3.63, 3.8) is 0 Å². The highest BCUT2D eigenvalue weighted by Crippen LogP contribution is 2.03. The highest BCUT2D eigenvalue weighted by molar-refractivity contribution is 5.85. The molecule has 0 aliphatic rings. The lowest BCUT2D eigenvalue weighted by molar-refractivity contribution is -0.119. The molecule has 78 valence electrons. The maximum Gasteiger partial charge on any atom is 0.153 e. The van der Waals surface area contributed by atoms with Crippen LogP contribution >= 0.6 is 0 Å². The zero-order chi connectivity index (χ0) is 10.6. The second-order valence-electron chi connectivity index (χ2n) is 3.56. The van der Waals surface area contributed by atoms with Crippen LogP contribution in [0.3, 0.4) is 0 Å². The Balaban J connectivity index is 2.48. The Morgan fingerprint density at radius 2 is 2.43 bits per heavy atom. The maximum atomic E-state index is 11.5. The average Bonchev–Trinajstić information content (AvgIpc) is 2.51. The van der Waals surface area contributed by atoms with E-state index in [-0.39, 0.29) is 11.8 Å². The number of nitrogens with two attached hydrogens (primary N) is 1. The summed E-state index contributed by atoms with van der Waals surface area (Å²) in [6.07, 6.45) is 5.65. The Labute approximate surface area is 84.1 Å². The smallest absolute Gasteiger partial charge is 0.153 e. The van der Waals surface area contributed by atoms with E-state index in [1.807, 2.05) is 20.2 Å². The van der Waals surface area contributed by atoms with Gasteiger partial charge in [0.05, 0.1) is 12.2 Å². The third kappa shape index (κ3) is 2.96. The number of aromatic nitrogens is 2. The van der Waals surface area contributed by atoms with Crippen molar-refractivity contribution in [3.05, 3.63) is 18.0 Å². The molecule has 0 saturated carbocycles. The van der Waals surface area contributed by atoms with Gasteiger partial charge in [0.15, 0.2) is 5.78 Å². The summed E-state index contributed by atoms with van der Waals surface area (Å²) in [5.41, 5.74) is 6.64. The van der Waals surface area contributed by atoms with Crippen LogP contribution in [-0.4, -0.2) is 21.6 Å². The summed E-state index contributed by atoms with van der Waals surface area (Å²) >= 11 is 0. The van der Waals surface area contributed by atoms with Gasteiger partial charge in [-0.15, -0.1) is 0 Å². The summed E-state index contributed by atoms with van der Waals surface area (Å²) in [4.78, 5) is 11.5. The van der Waals surface area contributed by atoms with Gasteiger partial charge in [-0.1, -0.05) is 13.3 Å². The van der Waals surface area contributed by atoms with E-state index in [4.69, 9.17) is 5.73 Å².